The predicted octanol–water partition coefficient (Wildman–Crippen LogP) is 4.73. The van der Waals surface area contributed by atoms with Crippen molar-refractivity contribution in [3.63, 3.8) is 0 Å². The maximum absolute atomic E-state index is 13.5. The Hall–Kier alpha value is -3.44. The quantitative estimate of drug-likeness (QED) is 0.622. The molecule has 2 aliphatic rings. The Morgan fingerprint density at radius 3 is 2.35 bits per heavy atom. The van der Waals surface area contributed by atoms with Crippen molar-refractivity contribution in [2.24, 2.45) is 0 Å². The van der Waals surface area contributed by atoms with E-state index in [1.54, 1.807) is 0 Å². The molecule has 0 spiro atoms. The normalized spacial score (nSPS) is 19.8. The third-order valence-electron chi connectivity index (χ3n) is 7.05. The molecule has 1 fully saturated rings. The van der Waals surface area contributed by atoms with Gasteiger partial charge in [-0.05, 0) is 62.6 Å². The summed E-state index contributed by atoms with van der Waals surface area (Å²) in [6.07, 6.45) is 2.02. The second kappa shape index (κ2) is 9.43. The van der Waals surface area contributed by atoms with Crippen molar-refractivity contribution in [1.29, 1.82) is 0 Å². The molecule has 1 N–H and O–H groups in total. The number of hydrogen-bond donors (Lipinski definition) is 1. The molecule has 5 nitrogen and oxygen atoms in total. The largest absolute Gasteiger partial charge is 0.350 e. The minimum Gasteiger partial charge on any atom is -0.350 e. The minimum atomic E-state index is -0.0219. The van der Waals surface area contributed by atoms with E-state index in [0.29, 0.717) is 24.2 Å². The summed E-state index contributed by atoms with van der Waals surface area (Å²) in [6.45, 7) is 6.08. The number of aryl methyl sites for hydroxylation is 2. The van der Waals surface area contributed by atoms with Crippen molar-refractivity contribution in [2.45, 2.75) is 45.3 Å². The van der Waals surface area contributed by atoms with Crippen LogP contribution in [0.25, 0.3) is 0 Å². The monoisotopic (exact) mass is 453 g/mol. The number of hydrogen-bond acceptors (Lipinski definition) is 3. The molecular formula is C29H31N3O2. The van der Waals surface area contributed by atoms with Crippen LogP contribution >= 0.6 is 0 Å². The fourth-order valence-electron chi connectivity index (χ4n) is 5.45. The lowest BCUT2D eigenvalue weighted by atomic mass is 10.1. The third kappa shape index (κ3) is 4.48. The van der Waals surface area contributed by atoms with Gasteiger partial charge in [0.15, 0.2) is 0 Å². The van der Waals surface area contributed by atoms with Gasteiger partial charge in [-0.1, -0.05) is 53.6 Å². The first-order valence-electron chi connectivity index (χ1n) is 12.1. The van der Waals surface area contributed by atoms with Gasteiger partial charge in [0.25, 0.3) is 11.8 Å². The first-order chi connectivity index (χ1) is 16.5. The van der Waals surface area contributed by atoms with Crippen molar-refractivity contribution < 1.29 is 9.59 Å². The molecule has 5 heteroatoms. The Balaban J connectivity index is 1.34. The van der Waals surface area contributed by atoms with E-state index in [0.717, 1.165) is 41.8 Å². The summed E-state index contributed by atoms with van der Waals surface area (Å²) in [6, 6.07) is 24.2. The summed E-state index contributed by atoms with van der Waals surface area (Å²) in [5.41, 5.74) is 5.76. The number of benzene rings is 3. The average Bonchev–Trinajstić information content (AvgIpc) is 3.13. The first-order valence-corrected chi connectivity index (χ1v) is 12.1. The van der Waals surface area contributed by atoms with Crippen molar-refractivity contribution in [1.82, 2.24) is 10.2 Å². The number of carbonyl (C=O) groups excluding carboxylic acids is 2. The van der Waals surface area contributed by atoms with E-state index >= 15 is 0 Å². The zero-order chi connectivity index (χ0) is 23.7. The van der Waals surface area contributed by atoms with Crippen molar-refractivity contribution >= 4 is 17.5 Å². The number of para-hydroxylation sites is 1. The molecule has 2 amide bonds. The van der Waals surface area contributed by atoms with Crippen LogP contribution in [0.2, 0.25) is 0 Å². The van der Waals surface area contributed by atoms with Crippen molar-refractivity contribution in [3.8, 4) is 0 Å². The molecule has 2 heterocycles. The molecule has 3 aromatic rings. The fourth-order valence-corrected chi connectivity index (χ4v) is 5.45. The zero-order valence-corrected chi connectivity index (χ0v) is 19.8. The topological polar surface area (TPSA) is 52.7 Å². The Bertz CT molecular complexity index is 1190. The van der Waals surface area contributed by atoms with Crippen LogP contribution in [0, 0.1) is 13.8 Å². The fraction of sp³-hybridized carbons (Fsp3) is 0.310. The molecule has 0 aromatic heterocycles. The van der Waals surface area contributed by atoms with E-state index < -0.39 is 0 Å². The van der Waals surface area contributed by atoms with Gasteiger partial charge in [-0.15, -0.1) is 0 Å². The maximum Gasteiger partial charge on any atom is 0.258 e. The van der Waals surface area contributed by atoms with Crippen LogP contribution in [0.4, 0.5) is 5.69 Å². The molecule has 0 aliphatic carbocycles. The van der Waals surface area contributed by atoms with Gasteiger partial charge in [-0.2, -0.15) is 0 Å². The third-order valence-corrected chi connectivity index (χ3v) is 7.05. The Labute approximate surface area is 201 Å². The highest BCUT2D eigenvalue weighted by Gasteiger charge is 2.39. The number of fused-ring (bicyclic) bond motifs is 2. The molecule has 5 rings (SSSR count). The molecule has 34 heavy (non-hydrogen) atoms. The van der Waals surface area contributed by atoms with Crippen LogP contribution in [0.15, 0.2) is 72.8 Å². The van der Waals surface area contributed by atoms with Gasteiger partial charge < -0.3 is 10.2 Å². The molecule has 2 aliphatic heterocycles. The second-order valence-electron chi connectivity index (χ2n) is 9.55. The number of nitrogens with zero attached hydrogens (tertiary/aromatic N) is 2. The summed E-state index contributed by atoms with van der Waals surface area (Å²) in [5.74, 6) is 0.0211. The van der Waals surface area contributed by atoms with E-state index in [1.165, 1.54) is 0 Å². The van der Waals surface area contributed by atoms with Crippen LogP contribution in [0.3, 0.4) is 0 Å². The molecular weight excluding hydrogens is 422 g/mol. The Morgan fingerprint density at radius 2 is 1.59 bits per heavy atom. The van der Waals surface area contributed by atoms with Crippen LogP contribution in [0.5, 0.6) is 0 Å². The summed E-state index contributed by atoms with van der Waals surface area (Å²) in [4.78, 5) is 30.7. The number of rotatable bonds is 4. The van der Waals surface area contributed by atoms with E-state index in [2.05, 4.69) is 28.4 Å². The highest BCUT2D eigenvalue weighted by Crippen LogP contribution is 2.35. The number of carbonyl (C=O) groups is 2. The smallest absolute Gasteiger partial charge is 0.258 e. The Kier molecular flexibility index (Phi) is 6.20. The molecule has 0 saturated carbocycles. The Morgan fingerprint density at radius 1 is 0.882 bits per heavy atom. The van der Waals surface area contributed by atoms with Gasteiger partial charge in [-0.3, -0.25) is 14.5 Å². The number of amides is 2. The summed E-state index contributed by atoms with van der Waals surface area (Å²) < 4.78 is 0. The lowest BCUT2D eigenvalue weighted by molar-refractivity contribution is 0.0933. The lowest BCUT2D eigenvalue weighted by Gasteiger charge is -2.29. The molecule has 3 aromatic carbocycles. The van der Waals surface area contributed by atoms with Gasteiger partial charge in [0, 0.05) is 48.5 Å². The predicted molar refractivity (Wildman–Crippen MR) is 135 cm³/mol. The van der Waals surface area contributed by atoms with Gasteiger partial charge in [0.2, 0.25) is 0 Å². The van der Waals surface area contributed by atoms with E-state index in [1.807, 2.05) is 73.3 Å². The summed E-state index contributed by atoms with van der Waals surface area (Å²) in [7, 11) is 0. The van der Waals surface area contributed by atoms with Crippen LogP contribution in [-0.4, -0.2) is 41.9 Å². The molecule has 174 valence electrons. The van der Waals surface area contributed by atoms with Crippen LogP contribution in [0.1, 0.15) is 50.2 Å². The molecule has 1 saturated heterocycles. The van der Waals surface area contributed by atoms with Crippen molar-refractivity contribution in [3.05, 3.63) is 101 Å². The van der Waals surface area contributed by atoms with Gasteiger partial charge in [0.1, 0.15) is 0 Å². The second-order valence-corrected chi connectivity index (χ2v) is 9.55. The molecule has 0 radical (unpaired) electrons. The van der Waals surface area contributed by atoms with E-state index in [9.17, 15) is 9.59 Å². The highest BCUT2D eigenvalue weighted by molar-refractivity contribution is 6.06. The van der Waals surface area contributed by atoms with Crippen molar-refractivity contribution in [2.75, 3.05) is 18.0 Å². The summed E-state index contributed by atoms with van der Waals surface area (Å²) in [5, 5.41) is 3.17. The maximum atomic E-state index is 13.5. The highest BCUT2D eigenvalue weighted by atomic mass is 16.2. The average molecular weight is 454 g/mol. The zero-order valence-electron chi connectivity index (χ0n) is 19.8. The van der Waals surface area contributed by atoms with Gasteiger partial charge >= 0.3 is 0 Å². The SMILES string of the molecule is Cc1cc(C)cc(C(=O)NC[C@H]2CC[C@@H]3CN(C(=O)c4ccccc4)c4ccccc4CN23)c1. The van der Waals surface area contributed by atoms with E-state index in [-0.39, 0.29) is 23.9 Å². The van der Waals surface area contributed by atoms with E-state index in [4.69, 9.17) is 0 Å². The van der Waals surface area contributed by atoms with Crippen LogP contribution in [-0.2, 0) is 6.54 Å². The standard InChI is InChI=1S/C29H31N3O2/c1-20-14-21(2)16-24(15-20)28(33)30-17-25-12-13-26-19-32(29(34)22-8-4-3-5-9-22)27-11-7-6-10-23(27)18-31(25)26/h3-11,14-16,25-26H,12-13,17-19H2,1-2H3,(H,30,33)/t25-,26-/m1/s1. The minimum absolute atomic E-state index is 0.0219. The number of nitrogens with one attached hydrogen (secondary N) is 1. The van der Waals surface area contributed by atoms with Gasteiger partial charge in [0.05, 0.1) is 0 Å². The number of anilines is 1. The lowest BCUT2D eigenvalue weighted by Crippen LogP contribution is -2.45. The summed E-state index contributed by atoms with van der Waals surface area (Å²) >= 11 is 0. The van der Waals surface area contributed by atoms with Gasteiger partial charge in [-0.25, -0.2) is 0 Å². The molecule has 2 atom stereocenters. The molecule has 0 bridgehead atoms. The molecule has 0 unspecified atom stereocenters. The van der Waals surface area contributed by atoms with Crippen LogP contribution < -0.4 is 10.2 Å². The first kappa shape index (κ1) is 22.4.